The zero-order valence-electron chi connectivity index (χ0n) is 11.4. The van der Waals surface area contributed by atoms with Crippen molar-refractivity contribution in [1.29, 1.82) is 0 Å². The summed E-state index contributed by atoms with van der Waals surface area (Å²) in [6.07, 6.45) is 0. The number of anilines is 1. The average molecular weight is 333 g/mol. The van der Waals surface area contributed by atoms with Crippen LogP contribution in [0.2, 0.25) is 0 Å². The standard InChI is InChI=1S/C14H19BrF2N2/c1-8(2)13-7-19(9(3)6-18-13)14-4-10(15)11(16)5-12(14)17/h4-5,8-9,13,18H,6-7H2,1-3H3. The molecule has 2 nitrogen and oxygen atoms in total. The minimum absolute atomic E-state index is 0.182. The van der Waals surface area contributed by atoms with Gasteiger partial charge >= 0.3 is 0 Å². The van der Waals surface area contributed by atoms with Crippen LogP contribution in [0, 0.1) is 17.6 Å². The van der Waals surface area contributed by atoms with Crippen LogP contribution in [-0.4, -0.2) is 25.2 Å². The van der Waals surface area contributed by atoms with E-state index in [1.165, 1.54) is 6.07 Å². The van der Waals surface area contributed by atoms with Gasteiger partial charge in [0.25, 0.3) is 0 Å². The molecule has 0 radical (unpaired) electrons. The van der Waals surface area contributed by atoms with Crippen LogP contribution in [0.15, 0.2) is 16.6 Å². The van der Waals surface area contributed by atoms with Gasteiger partial charge in [0.15, 0.2) is 0 Å². The molecule has 1 saturated heterocycles. The Morgan fingerprint density at radius 3 is 2.63 bits per heavy atom. The molecule has 5 heteroatoms. The number of piperazine rings is 1. The van der Waals surface area contributed by atoms with Crippen LogP contribution in [0.3, 0.4) is 0 Å². The van der Waals surface area contributed by atoms with Crippen molar-refractivity contribution in [3.8, 4) is 0 Å². The molecule has 2 atom stereocenters. The highest BCUT2D eigenvalue weighted by Gasteiger charge is 2.28. The van der Waals surface area contributed by atoms with Gasteiger partial charge in [-0.05, 0) is 34.8 Å². The van der Waals surface area contributed by atoms with Gasteiger partial charge in [0.05, 0.1) is 10.2 Å². The predicted octanol–water partition coefficient (Wildman–Crippen LogP) is 3.55. The highest BCUT2D eigenvalue weighted by Crippen LogP contribution is 2.29. The first-order valence-corrected chi connectivity index (χ1v) is 7.34. The molecule has 1 fully saturated rings. The first-order valence-electron chi connectivity index (χ1n) is 6.54. The summed E-state index contributed by atoms with van der Waals surface area (Å²) >= 11 is 3.13. The summed E-state index contributed by atoms with van der Waals surface area (Å²) in [5, 5.41) is 3.46. The van der Waals surface area contributed by atoms with Gasteiger partial charge in [0.1, 0.15) is 11.6 Å². The summed E-state index contributed by atoms with van der Waals surface area (Å²) in [6, 6.07) is 2.98. The van der Waals surface area contributed by atoms with Crippen molar-refractivity contribution in [2.45, 2.75) is 32.9 Å². The Balaban J connectivity index is 2.31. The molecule has 0 amide bonds. The molecule has 0 aliphatic carbocycles. The van der Waals surface area contributed by atoms with Crippen molar-refractivity contribution in [1.82, 2.24) is 5.32 Å². The number of nitrogens with one attached hydrogen (secondary N) is 1. The van der Waals surface area contributed by atoms with Crippen molar-refractivity contribution >= 4 is 21.6 Å². The van der Waals surface area contributed by atoms with E-state index >= 15 is 0 Å². The smallest absolute Gasteiger partial charge is 0.149 e. The Bertz CT molecular complexity index is 465. The first-order chi connectivity index (χ1) is 8.90. The number of nitrogens with zero attached hydrogens (tertiary/aromatic N) is 1. The molecule has 1 aromatic rings. The Hall–Kier alpha value is -0.680. The number of rotatable bonds is 2. The van der Waals surface area contributed by atoms with Crippen molar-refractivity contribution in [3.63, 3.8) is 0 Å². The molecular weight excluding hydrogens is 314 g/mol. The normalized spacial score (nSPS) is 24.1. The molecule has 1 aliphatic heterocycles. The maximum atomic E-state index is 14.0. The predicted molar refractivity (Wildman–Crippen MR) is 77.5 cm³/mol. The van der Waals surface area contributed by atoms with Crippen LogP contribution in [0.5, 0.6) is 0 Å². The van der Waals surface area contributed by atoms with Crippen LogP contribution in [-0.2, 0) is 0 Å². The van der Waals surface area contributed by atoms with Gasteiger partial charge in [-0.1, -0.05) is 13.8 Å². The summed E-state index contributed by atoms with van der Waals surface area (Å²) in [7, 11) is 0. The van der Waals surface area contributed by atoms with Gasteiger partial charge < -0.3 is 10.2 Å². The molecule has 0 bridgehead atoms. The molecule has 1 aliphatic rings. The van der Waals surface area contributed by atoms with Crippen molar-refractivity contribution in [2.24, 2.45) is 5.92 Å². The molecule has 0 spiro atoms. The Morgan fingerprint density at radius 1 is 1.32 bits per heavy atom. The lowest BCUT2D eigenvalue weighted by molar-refractivity contribution is 0.335. The topological polar surface area (TPSA) is 15.3 Å². The van der Waals surface area contributed by atoms with Gasteiger partial charge in [-0.2, -0.15) is 0 Å². The lowest BCUT2D eigenvalue weighted by Gasteiger charge is -2.42. The van der Waals surface area contributed by atoms with Crippen molar-refractivity contribution in [2.75, 3.05) is 18.0 Å². The fraction of sp³-hybridized carbons (Fsp3) is 0.571. The lowest BCUT2D eigenvalue weighted by Crippen LogP contribution is -2.57. The van der Waals surface area contributed by atoms with Crippen LogP contribution in [0.4, 0.5) is 14.5 Å². The van der Waals surface area contributed by atoms with E-state index in [0.717, 1.165) is 19.2 Å². The van der Waals surface area contributed by atoms with Crippen LogP contribution < -0.4 is 10.2 Å². The van der Waals surface area contributed by atoms with Crippen molar-refractivity contribution < 1.29 is 8.78 Å². The molecule has 0 saturated carbocycles. The number of hydrogen-bond acceptors (Lipinski definition) is 2. The Kier molecular flexibility index (Phi) is 4.46. The first kappa shape index (κ1) is 14.7. The fourth-order valence-electron chi connectivity index (χ4n) is 2.40. The SMILES string of the molecule is CC(C)C1CN(c2cc(Br)c(F)cc2F)C(C)CN1. The van der Waals surface area contributed by atoms with Gasteiger partial charge in [0.2, 0.25) is 0 Å². The van der Waals surface area contributed by atoms with E-state index in [4.69, 9.17) is 0 Å². The van der Waals surface area contributed by atoms with Gasteiger partial charge in [-0.15, -0.1) is 0 Å². The van der Waals surface area contributed by atoms with E-state index < -0.39 is 11.6 Å². The average Bonchev–Trinajstić information content (AvgIpc) is 2.34. The van der Waals surface area contributed by atoms with E-state index in [-0.39, 0.29) is 6.04 Å². The molecule has 2 unspecified atom stereocenters. The zero-order chi connectivity index (χ0) is 14.2. The number of hydrogen-bond donors (Lipinski definition) is 1. The van der Waals surface area contributed by atoms with E-state index in [0.29, 0.717) is 22.1 Å². The summed E-state index contributed by atoms with van der Waals surface area (Å²) in [5.41, 5.74) is 0.466. The minimum atomic E-state index is -0.565. The van der Waals surface area contributed by atoms with Gasteiger partial charge in [-0.3, -0.25) is 0 Å². The van der Waals surface area contributed by atoms with E-state index in [1.807, 2.05) is 11.8 Å². The summed E-state index contributed by atoms with van der Waals surface area (Å²) in [5.74, 6) is -0.594. The maximum absolute atomic E-state index is 14.0. The molecule has 106 valence electrons. The fourth-order valence-corrected chi connectivity index (χ4v) is 2.73. The van der Waals surface area contributed by atoms with Gasteiger partial charge in [0, 0.05) is 31.2 Å². The summed E-state index contributed by atoms with van der Waals surface area (Å²) < 4.78 is 27.6. The van der Waals surface area contributed by atoms with Gasteiger partial charge in [-0.25, -0.2) is 8.78 Å². The summed E-state index contributed by atoms with van der Waals surface area (Å²) in [4.78, 5) is 2.01. The molecule has 1 aromatic carbocycles. The molecule has 0 aromatic heterocycles. The highest BCUT2D eigenvalue weighted by molar-refractivity contribution is 9.10. The maximum Gasteiger partial charge on any atom is 0.149 e. The third kappa shape index (κ3) is 3.08. The second-order valence-electron chi connectivity index (χ2n) is 5.48. The largest absolute Gasteiger partial charge is 0.364 e. The van der Waals surface area contributed by atoms with E-state index in [2.05, 4.69) is 35.1 Å². The third-order valence-corrected chi connectivity index (χ3v) is 4.31. The second-order valence-corrected chi connectivity index (χ2v) is 6.33. The number of halogens is 3. The van der Waals surface area contributed by atoms with Crippen molar-refractivity contribution in [3.05, 3.63) is 28.2 Å². The van der Waals surface area contributed by atoms with Crippen LogP contribution >= 0.6 is 15.9 Å². The van der Waals surface area contributed by atoms with Crippen LogP contribution in [0.25, 0.3) is 0 Å². The monoisotopic (exact) mass is 332 g/mol. The quantitative estimate of drug-likeness (QED) is 0.833. The minimum Gasteiger partial charge on any atom is -0.364 e. The molecule has 2 rings (SSSR count). The zero-order valence-corrected chi connectivity index (χ0v) is 13.0. The van der Waals surface area contributed by atoms with E-state index in [9.17, 15) is 8.78 Å². The molecule has 1 heterocycles. The Morgan fingerprint density at radius 2 is 2.00 bits per heavy atom. The lowest BCUT2D eigenvalue weighted by atomic mass is 9.99. The van der Waals surface area contributed by atoms with Crippen LogP contribution in [0.1, 0.15) is 20.8 Å². The third-order valence-electron chi connectivity index (χ3n) is 3.70. The molecule has 19 heavy (non-hydrogen) atoms. The second kappa shape index (κ2) is 5.75. The highest BCUT2D eigenvalue weighted by atomic mass is 79.9. The number of benzene rings is 1. The molecular formula is C14H19BrF2N2. The summed E-state index contributed by atoms with van der Waals surface area (Å²) in [6.45, 7) is 7.86. The molecule has 1 N–H and O–H groups in total. The Labute approximate surface area is 121 Å². The van der Waals surface area contributed by atoms with E-state index in [1.54, 1.807) is 0 Å².